The Morgan fingerprint density at radius 1 is 1.30 bits per heavy atom. The van der Waals surface area contributed by atoms with Crippen LogP contribution in [0.3, 0.4) is 0 Å². The van der Waals surface area contributed by atoms with Crippen LogP contribution in [0.4, 0.5) is 11.4 Å². The molecule has 1 atom stereocenters. The first kappa shape index (κ1) is 16.3. The maximum absolute atomic E-state index is 12.2. The summed E-state index contributed by atoms with van der Waals surface area (Å²) in [5, 5.41) is 6.34. The summed E-state index contributed by atoms with van der Waals surface area (Å²) in [5.74, 6) is 0.0189. The topological polar surface area (TPSA) is 44.4 Å². The van der Waals surface area contributed by atoms with Crippen LogP contribution in [0.25, 0.3) is 0 Å². The quantitative estimate of drug-likeness (QED) is 0.840. The van der Waals surface area contributed by atoms with Crippen molar-refractivity contribution in [2.45, 2.75) is 45.7 Å². The van der Waals surface area contributed by atoms with Crippen molar-refractivity contribution in [1.82, 2.24) is 5.32 Å². The van der Waals surface area contributed by atoms with Crippen LogP contribution >= 0.6 is 0 Å². The summed E-state index contributed by atoms with van der Waals surface area (Å²) in [6, 6.07) is 7.70. The minimum absolute atomic E-state index is 0.0189. The van der Waals surface area contributed by atoms with Crippen LogP contribution in [-0.2, 0) is 4.79 Å². The molecule has 0 aromatic heterocycles. The Kier molecular flexibility index (Phi) is 5.43. The van der Waals surface area contributed by atoms with E-state index in [9.17, 15) is 4.79 Å². The van der Waals surface area contributed by atoms with Gasteiger partial charge in [-0.15, -0.1) is 0 Å². The summed E-state index contributed by atoms with van der Waals surface area (Å²) in [6.07, 6.45) is 0.903. The van der Waals surface area contributed by atoms with Crippen LogP contribution in [0.15, 0.2) is 24.3 Å². The van der Waals surface area contributed by atoms with Gasteiger partial charge in [-0.3, -0.25) is 4.79 Å². The molecule has 20 heavy (non-hydrogen) atoms. The molecule has 1 aromatic rings. The van der Waals surface area contributed by atoms with Crippen molar-refractivity contribution in [1.29, 1.82) is 0 Å². The summed E-state index contributed by atoms with van der Waals surface area (Å²) in [6.45, 7) is 8.02. The molecule has 0 heterocycles. The highest BCUT2D eigenvalue weighted by Crippen LogP contribution is 2.24. The number of benzene rings is 1. The lowest BCUT2D eigenvalue weighted by molar-refractivity contribution is -0.123. The van der Waals surface area contributed by atoms with Gasteiger partial charge in [-0.05, 0) is 39.3 Å². The predicted octanol–water partition coefficient (Wildman–Crippen LogP) is 2.86. The second kappa shape index (κ2) is 6.64. The molecule has 0 saturated heterocycles. The Morgan fingerprint density at radius 3 is 2.45 bits per heavy atom. The van der Waals surface area contributed by atoms with Crippen molar-refractivity contribution in [3.63, 3.8) is 0 Å². The fourth-order valence-corrected chi connectivity index (χ4v) is 1.81. The van der Waals surface area contributed by atoms with Gasteiger partial charge in [-0.2, -0.15) is 0 Å². The van der Waals surface area contributed by atoms with Gasteiger partial charge < -0.3 is 15.5 Å². The van der Waals surface area contributed by atoms with Crippen molar-refractivity contribution >= 4 is 17.3 Å². The first-order valence-corrected chi connectivity index (χ1v) is 7.11. The van der Waals surface area contributed by atoms with Crippen LogP contribution in [0.5, 0.6) is 0 Å². The lowest BCUT2D eigenvalue weighted by atomic mass is 10.0. The minimum atomic E-state index is -0.276. The molecule has 1 unspecified atom stereocenters. The fourth-order valence-electron chi connectivity index (χ4n) is 1.81. The maximum Gasteiger partial charge on any atom is 0.242 e. The van der Waals surface area contributed by atoms with E-state index in [1.165, 1.54) is 0 Å². The smallest absolute Gasteiger partial charge is 0.242 e. The van der Waals surface area contributed by atoms with Crippen LogP contribution < -0.4 is 15.5 Å². The number of hydrogen-bond donors (Lipinski definition) is 2. The molecule has 4 heteroatoms. The van der Waals surface area contributed by atoms with E-state index in [1.54, 1.807) is 0 Å². The number of nitrogens with zero attached hydrogens (tertiary/aromatic N) is 1. The number of amides is 1. The van der Waals surface area contributed by atoms with Gasteiger partial charge in [0, 0.05) is 19.6 Å². The normalized spacial score (nSPS) is 12.7. The van der Waals surface area contributed by atoms with Crippen LogP contribution in [0.1, 0.15) is 34.1 Å². The Hall–Kier alpha value is -1.71. The summed E-state index contributed by atoms with van der Waals surface area (Å²) < 4.78 is 0. The number of hydrogen-bond acceptors (Lipinski definition) is 3. The number of para-hydroxylation sites is 2. The number of carbonyl (C=O) groups excluding carboxylic acids is 1. The number of rotatable bonds is 6. The summed E-state index contributed by atoms with van der Waals surface area (Å²) in [4.78, 5) is 14.2. The molecular formula is C16H27N3O. The zero-order valence-corrected chi connectivity index (χ0v) is 13.4. The third-order valence-corrected chi connectivity index (χ3v) is 3.50. The average molecular weight is 277 g/mol. The molecule has 0 aliphatic carbocycles. The molecular weight excluding hydrogens is 250 g/mol. The van der Waals surface area contributed by atoms with E-state index in [-0.39, 0.29) is 17.5 Å². The van der Waals surface area contributed by atoms with Gasteiger partial charge in [0.2, 0.25) is 5.91 Å². The van der Waals surface area contributed by atoms with E-state index in [0.29, 0.717) is 0 Å². The Balaban J connectivity index is 2.76. The molecule has 0 spiro atoms. The first-order chi connectivity index (χ1) is 9.26. The van der Waals surface area contributed by atoms with Crippen LogP contribution in [-0.4, -0.2) is 31.6 Å². The minimum Gasteiger partial charge on any atom is -0.376 e. The molecule has 0 bridgehead atoms. The SMILES string of the molecule is CCC(C)(C)NC(=O)C(C)Nc1ccccc1N(C)C. The molecule has 112 valence electrons. The molecule has 0 aliphatic heterocycles. The van der Waals surface area contributed by atoms with Gasteiger partial charge in [0.25, 0.3) is 0 Å². The van der Waals surface area contributed by atoms with Gasteiger partial charge in [0.1, 0.15) is 6.04 Å². The second-order valence-corrected chi connectivity index (χ2v) is 6.00. The van der Waals surface area contributed by atoms with Gasteiger partial charge in [-0.25, -0.2) is 0 Å². The van der Waals surface area contributed by atoms with Crippen molar-refractivity contribution in [2.75, 3.05) is 24.3 Å². The van der Waals surface area contributed by atoms with E-state index in [2.05, 4.69) is 17.6 Å². The average Bonchev–Trinajstić information content (AvgIpc) is 2.38. The zero-order chi connectivity index (χ0) is 15.3. The predicted molar refractivity (Wildman–Crippen MR) is 86.4 cm³/mol. The standard InChI is InChI=1S/C16H27N3O/c1-7-16(3,4)18-15(20)12(2)17-13-10-8-9-11-14(13)19(5)6/h8-12,17H,7H2,1-6H3,(H,18,20). The van der Waals surface area contributed by atoms with Crippen molar-refractivity contribution in [3.05, 3.63) is 24.3 Å². The first-order valence-electron chi connectivity index (χ1n) is 7.11. The Bertz CT molecular complexity index is 455. The monoisotopic (exact) mass is 277 g/mol. The lowest BCUT2D eigenvalue weighted by Gasteiger charge is -2.28. The Morgan fingerprint density at radius 2 is 1.90 bits per heavy atom. The molecule has 2 N–H and O–H groups in total. The van der Waals surface area contributed by atoms with E-state index >= 15 is 0 Å². The van der Waals surface area contributed by atoms with Crippen molar-refractivity contribution in [2.24, 2.45) is 0 Å². The molecule has 1 aromatic carbocycles. The highest BCUT2D eigenvalue weighted by molar-refractivity contribution is 5.86. The number of nitrogens with one attached hydrogen (secondary N) is 2. The maximum atomic E-state index is 12.2. The van der Waals surface area contributed by atoms with Crippen LogP contribution in [0.2, 0.25) is 0 Å². The zero-order valence-electron chi connectivity index (χ0n) is 13.4. The van der Waals surface area contributed by atoms with E-state index in [1.807, 2.05) is 64.0 Å². The molecule has 0 fully saturated rings. The van der Waals surface area contributed by atoms with E-state index in [4.69, 9.17) is 0 Å². The number of anilines is 2. The van der Waals surface area contributed by atoms with Gasteiger partial charge >= 0.3 is 0 Å². The highest BCUT2D eigenvalue weighted by Gasteiger charge is 2.22. The summed E-state index contributed by atoms with van der Waals surface area (Å²) in [5.41, 5.74) is 1.87. The van der Waals surface area contributed by atoms with Gasteiger partial charge in [-0.1, -0.05) is 19.1 Å². The second-order valence-electron chi connectivity index (χ2n) is 6.00. The lowest BCUT2D eigenvalue weighted by Crippen LogP contribution is -2.48. The van der Waals surface area contributed by atoms with Crippen molar-refractivity contribution < 1.29 is 4.79 Å². The molecule has 1 amide bonds. The Labute approximate surface area is 122 Å². The third kappa shape index (κ3) is 4.44. The van der Waals surface area contributed by atoms with Gasteiger partial charge in [0.05, 0.1) is 11.4 Å². The molecule has 0 aliphatic rings. The molecule has 1 rings (SSSR count). The van der Waals surface area contributed by atoms with Gasteiger partial charge in [0.15, 0.2) is 0 Å². The van der Waals surface area contributed by atoms with Crippen molar-refractivity contribution in [3.8, 4) is 0 Å². The fraction of sp³-hybridized carbons (Fsp3) is 0.562. The van der Waals surface area contributed by atoms with Crippen LogP contribution in [0, 0.1) is 0 Å². The highest BCUT2D eigenvalue weighted by atomic mass is 16.2. The van der Waals surface area contributed by atoms with E-state index < -0.39 is 0 Å². The molecule has 0 radical (unpaired) electrons. The summed E-state index contributed by atoms with van der Waals surface area (Å²) in [7, 11) is 3.98. The van der Waals surface area contributed by atoms with E-state index in [0.717, 1.165) is 17.8 Å². The summed E-state index contributed by atoms with van der Waals surface area (Å²) >= 11 is 0. The molecule has 0 saturated carbocycles. The number of carbonyl (C=O) groups is 1. The molecule has 4 nitrogen and oxygen atoms in total. The third-order valence-electron chi connectivity index (χ3n) is 3.50. The largest absolute Gasteiger partial charge is 0.376 e.